The molecule has 6 heteroatoms. The van der Waals surface area contributed by atoms with Crippen LogP contribution in [0.1, 0.15) is 101 Å². The maximum absolute atomic E-state index is 6.64. The summed E-state index contributed by atoms with van der Waals surface area (Å²) in [6, 6.07) is -0.125. The Morgan fingerprint density at radius 1 is 1.00 bits per heavy atom. The predicted octanol–water partition coefficient (Wildman–Crippen LogP) is 4.18. The van der Waals surface area contributed by atoms with Gasteiger partial charge in [0, 0.05) is 44.7 Å². The number of anilines is 1. The van der Waals surface area contributed by atoms with Gasteiger partial charge in [0.2, 0.25) is 0 Å². The normalized spacial score (nSPS) is 18.1. The highest BCUT2D eigenvalue weighted by molar-refractivity contribution is 5.50. The van der Waals surface area contributed by atoms with Crippen LogP contribution in [0.25, 0.3) is 0 Å². The molecule has 3 heterocycles. The van der Waals surface area contributed by atoms with Gasteiger partial charge in [-0.15, -0.1) is 0 Å². The first kappa shape index (κ1) is 24.4. The van der Waals surface area contributed by atoms with Crippen molar-refractivity contribution < 1.29 is 0 Å². The molecule has 2 aliphatic rings. The quantitative estimate of drug-likeness (QED) is 0.485. The highest BCUT2D eigenvalue weighted by Gasteiger charge is 2.24. The summed E-state index contributed by atoms with van der Waals surface area (Å²) in [5.74, 6) is 1.99. The Morgan fingerprint density at radius 3 is 2.45 bits per heavy atom. The molecule has 3 rings (SSSR count). The summed E-state index contributed by atoms with van der Waals surface area (Å²) in [6.45, 7) is 8.30. The second-order valence-electron chi connectivity index (χ2n) is 9.65. The van der Waals surface area contributed by atoms with Crippen molar-refractivity contribution in [1.29, 1.82) is 0 Å². The van der Waals surface area contributed by atoms with Gasteiger partial charge in [0.15, 0.2) is 0 Å². The molecular weight excluding hydrogens is 384 g/mol. The van der Waals surface area contributed by atoms with Crippen LogP contribution in [0, 0.1) is 0 Å². The zero-order chi connectivity index (χ0) is 21.9. The van der Waals surface area contributed by atoms with Crippen molar-refractivity contribution in [2.24, 2.45) is 5.73 Å². The third-order valence-electron chi connectivity index (χ3n) is 6.82. The van der Waals surface area contributed by atoms with Gasteiger partial charge in [-0.25, -0.2) is 9.97 Å². The molecule has 31 heavy (non-hydrogen) atoms. The molecule has 0 amide bonds. The summed E-state index contributed by atoms with van der Waals surface area (Å²) in [7, 11) is 2.19. The van der Waals surface area contributed by atoms with Crippen LogP contribution in [0.15, 0.2) is 0 Å². The van der Waals surface area contributed by atoms with Gasteiger partial charge < -0.3 is 20.9 Å². The first-order valence-electron chi connectivity index (χ1n) is 13.0. The van der Waals surface area contributed by atoms with Gasteiger partial charge in [-0.1, -0.05) is 58.3 Å². The standard InChI is InChI=1S/C25H46N6/c1-3-4-5-6-7-8-11-16-30(2)20-22(26)24-28-23-14-15-27-19-21(23)25(29-24)31-17-12-9-10-13-18-31/h22,27H,3-20,26H2,1-2H3. The number of hydrogen-bond acceptors (Lipinski definition) is 6. The van der Waals surface area contributed by atoms with E-state index in [1.807, 2.05) is 0 Å². The molecule has 1 aromatic rings. The molecule has 1 fully saturated rings. The molecule has 176 valence electrons. The van der Waals surface area contributed by atoms with Gasteiger partial charge in [0.05, 0.1) is 11.7 Å². The van der Waals surface area contributed by atoms with Gasteiger partial charge in [-0.2, -0.15) is 0 Å². The Morgan fingerprint density at radius 2 is 1.71 bits per heavy atom. The molecule has 0 saturated carbocycles. The van der Waals surface area contributed by atoms with Gasteiger partial charge in [0.1, 0.15) is 11.6 Å². The maximum Gasteiger partial charge on any atom is 0.149 e. The molecule has 0 aromatic carbocycles. The van der Waals surface area contributed by atoms with Crippen LogP contribution in [0.2, 0.25) is 0 Å². The Labute approximate surface area is 190 Å². The topological polar surface area (TPSA) is 70.3 Å². The average Bonchev–Trinajstić information content (AvgIpc) is 3.07. The van der Waals surface area contributed by atoms with Crippen LogP contribution in [0.5, 0.6) is 0 Å². The Balaban J connectivity index is 1.57. The van der Waals surface area contributed by atoms with Gasteiger partial charge in [-0.3, -0.25) is 0 Å². The molecule has 1 aromatic heterocycles. The van der Waals surface area contributed by atoms with Crippen LogP contribution >= 0.6 is 0 Å². The Hall–Kier alpha value is -1.24. The fourth-order valence-electron chi connectivity index (χ4n) is 4.90. The van der Waals surface area contributed by atoms with Crippen molar-refractivity contribution in [3.8, 4) is 0 Å². The molecule has 1 atom stereocenters. The minimum Gasteiger partial charge on any atom is -0.356 e. The lowest BCUT2D eigenvalue weighted by Gasteiger charge is -2.29. The molecule has 6 nitrogen and oxygen atoms in total. The molecule has 2 aliphatic heterocycles. The van der Waals surface area contributed by atoms with E-state index in [0.717, 1.165) is 57.3 Å². The second-order valence-corrected chi connectivity index (χ2v) is 9.65. The molecule has 3 N–H and O–H groups in total. The van der Waals surface area contributed by atoms with Crippen LogP contribution < -0.4 is 16.0 Å². The lowest BCUT2D eigenvalue weighted by molar-refractivity contribution is 0.299. The molecule has 0 aliphatic carbocycles. The number of nitrogens with zero attached hydrogens (tertiary/aromatic N) is 4. The number of fused-ring (bicyclic) bond motifs is 1. The van der Waals surface area contributed by atoms with E-state index in [1.165, 1.54) is 81.9 Å². The van der Waals surface area contributed by atoms with E-state index in [1.54, 1.807) is 0 Å². The van der Waals surface area contributed by atoms with E-state index in [2.05, 4.69) is 29.1 Å². The summed E-state index contributed by atoms with van der Waals surface area (Å²) >= 11 is 0. The minimum atomic E-state index is -0.125. The number of nitrogens with two attached hydrogens (primary N) is 1. The maximum atomic E-state index is 6.64. The van der Waals surface area contributed by atoms with Crippen LogP contribution in [0.3, 0.4) is 0 Å². The van der Waals surface area contributed by atoms with Gasteiger partial charge >= 0.3 is 0 Å². The first-order chi connectivity index (χ1) is 15.2. The van der Waals surface area contributed by atoms with Crippen molar-refractivity contribution >= 4 is 5.82 Å². The molecular formula is C25H46N6. The number of likely N-dealkylation sites (N-methyl/N-ethyl adjacent to an activating group) is 1. The highest BCUT2D eigenvalue weighted by Crippen LogP contribution is 2.27. The van der Waals surface area contributed by atoms with Crippen LogP contribution in [-0.4, -0.2) is 54.6 Å². The van der Waals surface area contributed by atoms with Crippen molar-refractivity contribution in [1.82, 2.24) is 20.2 Å². The summed E-state index contributed by atoms with van der Waals surface area (Å²) in [5.41, 5.74) is 9.16. The fourth-order valence-corrected chi connectivity index (χ4v) is 4.90. The molecule has 0 bridgehead atoms. The average molecular weight is 431 g/mol. The largest absolute Gasteiger partial charge is 0.356 e. The summed E-state index contributed by atoms with van der Waals surface area (Å²) in [4.78, 5) is 14.9. The Kier molecular flexibility index (Phi) is 10.5. The third kappa shape index (κ3) is 7.69. The summed E-state index contributed by atoms with van der Waals surface area (Å²) < 4.78 is 0. The summed E-state index contributed by atoms with van der Waals surface area (Å²) in [5, 5.41) is 3.52. The van der Waals surface area contributed by atoms with Crippen LogP contribution in [-0.2, 0) is 13.0 Å². The SMILES string of the molecule is CCCCCCCCCN(C)CC(N)c1nc2c(c(N3CCCCCC3)n1)CNCC2. The van der Waals surface area contributed by atoms with Gasteiger partial charge in [-0.05, 0) is 32.9 Å². The zero-order valence-corrected chi connectivity index (χ0v) is 20.2. The minimum absolute atomic E-state index is 0.125. The monoisotopic (exact) mass is 430 g/mol. The van der Waals surface area contributed by atoms with E-state index in [0.29, 0.717) is 0 Å². The number of aromatic nitrogens is 2. The predicted molar refractivity (Wildman–Crippen MR) is 131 cm³/mol. The molecule has 1 unspecified atom stereocenters. The fraction of sp³-hybridized carbons (Fsp3) is 0.840. The molecule has 0 radical (unpaired) electrons. The van der Waals surface area contributed by atoms with Crippen molar-refractivity contribution in [2.45, 2.75) is 96.6 Å². The number of hydrogen-bond donors (Lipinski definition) is 2. The Bertz CT molecular complexity index is 641. The van der Waals surface area contributed by atoms with Crippen molar-refractivity contribution in [2.75, 3.05) is 44.7 Å². The second kappa shape index (κ2) is 13.3. The smallest absolute Gasteiger partial charge is 0.149 e. The first-order valence-corrected chi connectivity index (χ1v) is 13.0. The van der Waals surface area contributed by atoms with E-state index >= 15 is 0 Å². The van der Waals surface area contributed by atoms with E-state index in [4.69, 9.17) is 15.7 Å². The molecule has 0 spiro atoms. The number of unbranched alkanes of at least 4 members (excludes halogenated alkanes) is 6. The highest BCUT2D eigenvalue weighted by atomic mass is 15.2. The van der Waals surface area contributed by atoms with Crippen molar-refractivity contribution in [3.63, 3.8) is 0 Å². The van der Waals surface area contributed by atoms with Gasteiger partial charge in [0.25, 0.3) is 0 Å². The third-order valence-corrected chi connectivity index (χ3v) is 6.82. The number of nitrogens with one attached hydrogen (secondary N) is 1. The van der Waals surface area contributed by atoms with E-state index in [9.17, 15) is 0 Å². The van der Waals surface area contributed by atoms with Crippen molar-refractivity contribution in [3.05, 3.63) is 17.1 Å². The molecule has 1 saturated heterocycles. The number of rotatable bonds is 12. The zero-order valence-electron chi connectivity index (χ0n) is 20.2. The lowest BCUT2D eigenvalue weighted by atomic mass is 10.1. The van der Waals surface area contributed by atoms with Crippen LogP contribution in [0.4, 0.5) is 5.82 Å². The lowest BCUT2D eigenvalue weighted by Crippen LogP contribution is -2.35. The van der Waals surface area contributed by atoms with E-state index < -0.39 is 0 Å². The van der Waals surface area contributed by atoms with E-state index in [-0.39, 0.29) is 6.04 Å². The summed E-state index contributed by atoms with van der Waals surface area (Å²) in [6.07, 6.45) is 15.6.